The number of nitro groups is 1. The van der Waals surface area contributed by atoms with Crippen LogP contribution in [0.2, 0.25) is 5.02 Å². The van der Waals surface area contributed by atoms with Gasteiger partial charge in [-0.15, -0.1) is 0 Å². The van der Waals surface area contributed by atoms with Gasteiger partial charge in [-0.1, -0.05) is 11.6 Å². The fraction of sp³-hybridized carbons (Fsp3) is 0.571. The molecule has 8 nitrogen and oxygen atoms in total. The number of hydrogen-bond donors (Lipinski definition) is 2. The monoisotopic (exact) mass is 432 g/mol. The molecule has 0 unspecified atom stereocenters. The quantitative estimate of drug-likeness (QED) is 0.404. The van der Waals surface area contributed by atoms with Crippen LogP contribution in [0.15, 0.2) is 23.3 Å². The molecule has 4 saturated carbocycles. The van der Waals surface area contributed by atoms with Gasteiger partial charge in [-0.05, 0) is 69.3 Å². The third kappa shape index (κ3) is 4.33. The number of nitrogens with one attached hydrogen (secondary N) is 2. The van der Waals surface area contributed by atoms with Gasteiger partial charge in [0.25, 0.3) is 11.6 Å². The van der Waals surface area contributed by atoms with Crippen LogP contribution in [0.4, 0.5) is 5.69 Å². The van der Waals surface area contributed by atoms with Gasteiger partial charge in [0.15, 0.2) is 0 Å². The predicted molar refractivity (Wildman–Crippen MR) is 112 cm³/mol. The average molecular weight is 433 g/mol. The van der Waals surface area contributed by atoms with Gasteiger partial charge in [-0.2, -0.15) is 5.10 Å². The fourth-order valence-corrected chi connectivity index (χ4v) is 6.14. The van der Waals surface area contributed by atoms with E-state index in [2.05, 4.69) is 15.8 Å². The molecule has 2 amide bonds. The zero-order valence-corrected chi connectivity index (χ0v) is 17.6. The third-order valence-electron chi connectivity index (χ3n) is 6.62. The first kappa shape index (κ1) is 20.8. The molecule has 0 saturated heterocycles. The van der Waals surface area contributed by atoms with Crippen molar-refractivity contribution in [2.45, 2.75) is 57.4 Å². The highest BCUT2D eigenvalue weighted by molar-refractivity contribution is 6.34. The molecule has 2 N–H and O–H groups in total. The van der Waals surface area contributed by atoms with E-state index in [1.807, 2.05) is 0 Å². The van der Waals surface area contributed by atoms with Crippen LogP contribution < -0.4 is 10.7 Å². The Morgan fingerprint density at radius 2 is 1.80 bits per heavy atom. The molecule has 1 aromatic carbocycles. The Balaban J connectivity index is 1.32. The van der Waals surface area contributed by atoms with E-state index in [-0.39, 0.29) is 34.1 Å². The number of hydrogen-bond acceptors (Lipinski definition) is 5. The van der Waals surface area contributed by atoms with Crippen LogP contribution in [0.25, 0.3) is 0 Å². The first-order valence-corrected chi connectivity index (χ1v) is 10.7. The van der Waals surface area contributed by atoms with Crippen LogP contribution in [0, 0.1) is 27.9 Å². The van der Waals surface area contributed by atoms with Crippen LogP contribution in [0.5, 0.6) is 0 Å². The smallest absolute Gasteiger partial charge is 0.272 e. The van der Waals surface area contributed by atoms with Crippen molar-refractivity contribution in [1.82, 2.24) is 10.7 Å². The summed E-state index contributed by atoms with van der Waals surface area (Å²) in [5, 5.41) is 18.0. The maximum Gasteiger partial charge on any atom is 0.272 e. The average Bonchev–Trinajstić information content (AvgIpc) is 2.64. The number of benzene rings is 1. The maximum atomic E-state index is 12.6. The molecule has 5 rings (SSSR count). The van der Waals surface area contributed by atoms with Crippen molar-refractivity contribution in [2.24, 2.45) is 22.9 Å². The van der Waals surface area contributed by atoms with E-state index in [0.717, 1.165) is 43.1 Å². The van der Waals surface area contributed by atoms with E-state index in [1.165, 1.54) is 31.4 Å². The second kappa shape index (κ2) is 7.98. The second-order valence-electron chi connectivity index (χ2n) is 9.13. The van der Waals surface area contributed by atoms with Crippen molar-refractivity contribution in [3.63, 3.8) is 0 Å². The van der Waals surface area contributed by atoms with Gasteiger partial charge < -0.3 is 5.32 Å². The maximum absolute atomic E-state index is 12.6. The lowest BCUT2D eigenvalue weighted by Gasteiger charge is -2.56. The molecule has 0 aromatic heterocycles. The van der Waals surface area contributed by atoms with Crippen LogP contribution in [-0.4, -0.2) is 28.0 Å². The Morgan fingerprint density at radius 1 is 1.20 bits per heavy atom. The summed E-state index contributed by atoms with van der Waals surface area (Å²) in [6.45, 7) is 1.68. The third-order valence-corrected chi connectivity index (χ3v) is 6.93. The van der Waals surface area contributed by atoms with E-state index in [1.54, 1.807) is 6.92 Å². The number of non-ortho nitro benzene ring substituents is 1. The van der Waals surface area contributed by atoms with E-state index in [0.29, 0.717) is 5.71 Å². The fourth-order valence-electron chi connectivity index (χ4n) is 5.88. The predicted octanol–water partition coefficient (Wildman–Crippen LogP) is 3.83. The van der Waals surface area contributed by atoms with Crippen molar-refractivity contribution in [3.05, 3.63) is 38.9 Å². The Bertz CT molecular complexity index is 894. The largest absolute Gasteiger partial charge is 0.350 e. The summed E-state index contributed by atoms with van der Waals surface area (Å²) in [5.41, 5.74) is 2.67. The lowest BCUT2D eigenvalue weighted by atomic mass is 9.53. The first-order chi connectivity index (χ1) is 14.2. The van der Waals surface area contributed by atoms with Crippen LogP contribution in [-0.2, 0) is 4.79 Å². The molecule has 4 bridgehead atoms. The number of carbonyl (C=O) groups is 2. The number of nitrogens with zero attached hydrogens (tertiary/aromatic N) is 2. The molecule has 160 valence electrons. The van der Waals surface area contributed by atoms with Crippen molar-refractivity contribution < 1.29 is 14.5 Å². The molecule has 0 spiro atoms. The molecular formula is C21H25ClN4O4. The summed E-state index contributed by atoms with van der Waals surface area (Å²) in [7, 11) is 0. The molecule has 4 aliphatic carbocycles. The molecule has 9 heteroatoms. The Morgan fingerprint density at radius 3 is 2.33 bits per heavy atom. The summed E-state index contributed by atoms with van der Waals surface area (Å²) in [5.74, 6) is 1.59. The Kier molecular flexibility index (Phi) is 5.53. The Labute approximate surface area is 179 Å². The zero-order chi connectivity index (χ0) is 21.5. The minimum Gasteiger partial charge on any atom is -0.350 e. The summed E-state index contributed by atoms with van der Waals surface area (Å²) in [6.07, 6.45) is 7.28. The SMILES string of the molecule is CC(CC(=O)NC12CC3CC(CC(C3)C1)C2)=NNC(=O)c1ccc([N+](=O)[O-])cc1Cl. The molecule has 0 aliphatic heterocycles. The number of carbonyl (C=O) groups excluding carboxylic acids is 2. The lowest BCUT2D eigenvalue weighted by molar-refractivity contribution is -0.384. The second-order valence-corrected chi connectivity index (χ2v) is 9.54. The molecule has 4 fully saturated rings. The van der Waals surface area contributed by atoms with Crippen molar-refractivity contribution >= 4 is 34.8 Å². The summed E-state index contributed by atoms with van der Waals surface area (Å²) in [6, 6.07) is 3.60. The molecule has 0 atom stereocenters. The van der Waals surface area contributed by atoms with Gasteiger partial charge in [0, 0.05) is 23.4 Å². The summed E-state index contributed by atoms with van der Waals surface area (Å²) < 4.78 is 0. The van der Waals surface area contributed by atoms with Gasteiger partial charge in [-0.25, -0.2) is 5.43 Å². The molecule has 0 radical (unpaired) electrons. The van der Waals surface area contributed by atoms with Crippen molar-refractivity contribution in [1.29, 1.82) is 0 Å². The van der Waals surface area contributed by atoms with Gasteiger partial charge >= 0.3 is 0 Å². The van der Waals surface area contributed by atoms with E-state index < -0.39 is 10.8 Å². The van der Waals surface area contributed by atoms with Crippen molar-refractivity contribution in [2.75, 3.05) is 0 Å². The lowest BCUT2D eigenvalue weighted by Crippen LogP contribution is -2.60. The van der Waals surface area contributed by atoms with E-state index >= 15 is 0 Å². The van der Waals surface area contributed by atoms with E-state index in [9.17, 15) is 19.7 Å². The minimum atomic E-state index is -0.587. The minimum absolute atomic E-state index is 0.0332. The highest BCUT2D eigenvalue weighted by atomic mass is 35.5. The van der Waals surface area contributed by atoms with Crippen LogP contribution >= 0.6 is 11.6 Å². The van der Waals surface area contributed by atoms with Gasteiger partial charge in [0.05, 0.1) is 21.9 Å². The molecule has 1 aromatic rings. The standard InChI is InChI=1S/C21H25ClN4O4/c1-12(24-25-20(28)17-3-2-16(26(29)30)8-18(17)22)4-19(27)23-21-9-13-5-14(10-21)7-15(6-13)11-21/h2-3,8,13-15H,4-7,9-11H2,1H3,(H,23,27)(H,25,28). The molecule has 4 aliphatic rings. The topological polar surface area (TPSA) is 114 Å². The zero-order valence-electron chi connectivity index (χ0n) is 16.8. The molecule has 0 heterocycles. The summed E-state index contributed by atoms with van der Waals surface area (Å²) >= 11 is 5.96. The highest BCUT2D eigenvalue weighted by Gasteiger charge is 2.51. The normalized spacial score (nSPS) is 29.5. The van der Waals surface area contributed by atoms with Crippen LogP contribution in [0.3, 0.4) is 0 Å². The highest BCUT2D eigenvalue weighted by Crippen LogP contribution is 2.55. The van der Waals surface area contributed by atoms with Crippen molar-refractivity contribution in [3.8, 4) is 0 Å². The number of halogens is 1. The Hall–Kier alpha value is -2.48. The van der Waals surface area contributed by atoms with Gasteiger partial charge in [0.1, 0.15) is 0 Å². The number of nitro benzene ring substituents is 1. The molecular weight excluding hydrogens is 408 g/mol. The number of rotatable bonds is 6. The van der Waals surface area contributed by atoms with Gasteiger partial charge in [-0.3, -0.25) is 19.7 Å². The number of amides is 2. The number of hydrazone groups is 1. The van der Waals surface area contributed by atoms with Crippen LogP contribution in [0.1, 0.15) is 62.2 Å². The summed E-state index contributed by atoms with van der Waals surface area (Å²) in [4.78, 5) is 35.1. The van der Waals surface area contributed by atoms with Gasteiger partial charge in [0.2, 0.25) is 5.91 Å². The first-order valence-electron chi connectivity index (χ1n) is 10.3. The van der Waals surface area contributed by atoms with E-state index in [4.69, 9.17) is 11.6 Å². The molecule has 30 heavy (non-hydrogen) atoms.